The highest BCUT2D eigenvalue weighted by atomic mass is 35.5. The van der Waals surface area contributed by atoms with Crippen LogP contribution in [0.5, 0.6) is 5.75 Å². The van der Waals surface area contributed by atoms with E-state index in [-0.39, 0.29) is 17.8 Å². The number of benzene rings is 2. The lowest BCUT2D eigenvalue weighted by molar-refractivity contribution is -0.113. The second-order valence-corrected chi connectivity index (χ2v) is 8.03. The van der Waals surface area contributed by atoms with E-state index in [9.17, 15) is 9.59 Å². The fourth-order valence-electron chi connectivity index (χ4n) is 2.94. The maximum absolute atomic E-state index is 12.5. The Bertz CT molecular complexity index is 1090. The molecule has 1 N–H and O–H groups in total. The third-order valence-corrected chi connectivity index (χ3v) is 5.77. The molecule has 1 aromatic heterocycles. The number of hydrogen-bond acceptors (Lipinski definition) is 7. The number of carbonyl (C=O) groups excluding carboxylic acids is 2. The van der Waals surface area contributed by atoms with E-state index in [4.69, 9.17) is 21.1 Å². The van der Waals surface area contributed by atoms with Crippen molar-refractivity contribution in [2.24, 2.45) is 0 Å². The Kier molecular flexibility index (Phi) is 8.13. The zero-order valence-corrected chi connectivity index (χ0v) is 19.4. The number of thioether (sulfide) groups is 1. The first-order valence-electron chi connectivity index (χ1n) is 9.88. The number of halogens is 1. The Morgan fingerprint density at radius 2 is 1.94 bits per heavy atom. The van der Waals surface area contributed by atoms with Gasteiger partial charge in [-0.3, -0.25) is 4.79 Å². The average Bonchev–Trinajstić information content (AvgIpc) is 3.22. The number of rotatable bonds is 9. The van der Waals surface area contributed by atoms with Gasteiger partial charge in [-0.2, -0.15) is 0 Å². The van der Waals surface area contributed by atoms with E-state index in [2.05, 4.69) is 15.5 Å². The van der Waals surface area contributed by atoms with E-state index < -0.39 is 5.97 Å². The minimum Gasteiger partial charge on any atom is -0.483 e. The molecule has 0 aliphatic heterocycles. The van der Waals surface area contributed by atoms with Crippen LogP contribution in [0.2, 0.25) is 5.02 Å². The van der Waals surface area contributed by atoms with E-state index in [1.807, 2.05) is 48.7 Å². The van der Waals surface area contributed by atoms with E-state index in [1.54, 1.807) is 0 Å². The number of anilines is 1. The number of aromatic nitrogens is 3. The smallest absolute Gasteiger partial charge is 0.337 e. The zero-order valence-electron chi connectivity index (χ0n) is 17.9. The van der Waals surface area contributed by atoms with Crippen molar-refractivity contribution in [2.75, 3.05) is 18.2 Å². The second kappa shape index (κ2) is 11.0. The molecule has 2 aromatic carbocycles. The predicted octanol–water partition coefficient (Wildman–Crippen LogP) is 4.61. The van der Waals surface area contributed by atoms with Gasteiger partial charge in [0.1, 0.15) is 5.75 Å². The molecule has 0 saturated carbocycles. The van der Waals surface area contributed by atoms with Crippen molar-refractivity contribution in [3.63, 3.8) is 0 Å². The number of nitrogens with zero attached hydrogens (tertiary/aromatic N) is 3. The van der Waals surface area contributed by atoms with E-state index in [0.29, 0.717) is 33.8 Å². The van der Waals surface area contributed by atoms with Crippen LogP contribution in [0.4, 0.5) is 5.69 Å². The van der Waals surface area contributed by atoms with Crippen molar-refractivity contribution in [2.45, 2.75) is 31.7 Å². The summed E-state index contributed by atoms with van der Waals surface area (Å²) < 4.78 is 12.6. The number of para-hydroxylation sites is 1. The summed E-state index contributed by atoms with van der Waals surface area (Å²) in [6, 6.07) is 14.0. The van der Waals surface area contributed by atoms with E-state index in [1.165, 1.54) is 37.1 Å². The van der Waals surface area contributed by atoms with Gasteiger partial charge in [0.2, 0.25) is 5.91 Å². The van der Waals surface area contributed by atoms with Crippen molar-refractivity contribution in [3.05, 3.63) is 64.9 Å². The highest BCUT2D eigenvalue weighted by Crippen LogP contribution is 2.26. The van der Waals surface area contributed by atoms with Crippen LogP contribution in [0.1, 0.15) is 36.1 Å². The van der Waals surface area contributed by atoms with Crippen LogP contribution in [-0.2, 0) is 16.1 Å². The third-order valence-electron chi connectivity index (χ3n) is 4.48. The SMILES string of the molecule is CCn1c(SCC(=O)Nc2cc(C(=O)OC)ccc2Cl)nnc1C(C)Oc1ccccc1. The number of nitrogens with one attached hydrogen (secondary N) is 1. The predicted molar refractivity (Wildman–Crippen MR) is 123 cm³/mol. The lowest BCUT2D eigenvalue weighted by Gasteiger charge is -2.15. The number of carbonyl (C=O) groups is 2. The molecule has 1 heterocycles. The molecule has 0 bridgehead atoms. The number of hydrogen-bond donors (Lipinski definition) is 1. The summed E-state index contributed by atoms with van der Waals surface area (Å²) in [7, 11) is 1.29. The third kappa shape index (κ3) is 5.80. The maximum atomic E-state index is 12.5. The van der Waals surface area contributed by atoms with Crippen molar-refractivity contribution < 1.29 is 19.1 Å². The van der Waals surface area contributed by atoms with Crippen molar-refractivity contribution in [1.29, 1.82) is 0 Å². The molecule has 1 unspecified atom stereocenters. The largest absolute Gasteiger partial charge is 0.483 e. The molecular formula is C22H23ClN4O4S. The lowest BCUT2D eigenvalue weighted by atomic mass is 10.2. The number of esters is 1. The molecule has 3 rings (SSSR count). The van der Waals surface area contributed by atoms with Gasteiger partial charge < -0.3 is 19.4 Å². The van der Waals surface area contributed by atoms with Crippen molar-refractivity contribution in [1.82, 2.24) is 14.8 Å². The normalized spacial score (nSPS) is 11.6. The molecule has 0 saturated heterocycles. The van der Waals surface area contributed by atoms with Crippen molar-refractivity contribution >= 4 is 40.9 Å². The van der Waals surface area contributed by atoms with Crippen LogP contribution in [0.15, 0.2) is 53.7 Å². The Morgan fingerprint density at radius 3 is 2.62 bits per heavy atom. The van der Waals surface area contributed by atoms with E-state index in [0.717, 1.165) is 5.75 Å². The highest BCUT2D eigenvalue weighted by molar-refractivity contribution is 7.99. The molecule has 1 atom stereocenters. The molecule has 0 spiro atoms. The van der Waals surface area contributed by atoms with Gasteiger partial charge in [-0.25, -0.2) is 4.79 Å². The quantitative estimate of drug-likeness (QED) is 0.357. The molecule has 0 radical (unpaired) electrons. The fraction of sp³-hybridized carbons (Fsp3) is 0.273. The number of methoxy groups -OCH3 is 1. The minimum absolute atomic E-state index is 0.0881. The lowest BCUT2D eigenvalue weighted by Crippen LogP contribution is -2.16. The van der Waals surface area contributed by atoms with Gasteiger partial charge in [0.25, 0.3) is 0 Å². The van der Waals surface area contributed by atoms with Crippen LogP contribution in [0.25, 0.3) is 0 Å². The van der Waals surface area contributed by atoms with Crippen LogP contribution in [0.3, 0.4) is 0 Å². The first-order valence-corrected chi connectivity index (χ1v) is 11.2. The second-order valence-electron chi connectivity index (χ2n) is 6.68. The summed E-state index contributed by atoms with van der Waals surface area (Å²) in [5.74, 6) is 0.699. The van der Waals surface area contributed by atoms with Crippen molar-refractivity contribution in [3.8, 4) is 5.75 Å². The summed E-state index contributed by atoms with van der Waals surface area (Å²) in [5, 5.41) is 12.1. The molecule has 168 valence electrons. The van der Waals surface area contributed by atoms with Crippen LogP contribution in [0, 0.1) is 0 Å². The summed E-state index contributed by atoms with van der Waals surface area (Å²) in [5.41, 5.74) is 0.630. The molecule has 0 fully saturated rings. The molecule has 3 aromatic rings. The molecule has 8 nitrogen and oxygen atoms in total. The molecule has 0 aliphatic rings. The molecule has 32 heavy (non-hydrogen) atoms. The maximum Gasteiger partial charge on any atom is 0.337 e. The summed E-state index contributed by atoms with van der Waals surface area (Å²) in [4.78, 5) is 24.2. The van der Waals surface area contributed by atoms with Gasteiger partial charge in [0, 0.05) is 6.54 Å². The summed E-state index contributed by atoms with van der Waals surface area (Å²) in [6.07, 6.45) is -0.312. The van der Waals surface area contributed by atoms with Gasteiger partial charge in [0.05, 0.1) is 29.1 Å². The van der Waals surface area contributed by atoms with Crippen LogP contribution in [-0.4, -0.2) is 39.5 Å². The Hall–Kier alpha value is -3.04. The zero-order chi connectivity index (χ0) is 23.1. The molecule has 0 aliphatic carbocycles. The average molecular weight is 475 g/mol. The first-order chi connectivity index (χ1) is 15.4. The van der Waals surface area contributed by atoms with Gasteiger partial charge >= 0.3 is 5.97 Å². The fourth-order valence-corrected chi connectivity index (χ4v) is 3.92. The Morgan fingerprint density at radius 1 is 1.19 bits per heavy atom. The minimum atomic E-state index is -0.512. The molecule has 1 amide bonds. The molecule has 10 heteroatoms. The first kappa shape index (κ1) is 23.6. The summed E-state index contributed by atoms with van der Waals surface area (Å²) in [6.45, 7) is 4.51. The van der Waals surface area contributed by atoms with Gasteiger partial charge in [0.15, 0.2) is 17.1 Å². The van der Waals surface area contributed by atoms with Gasteiger partial charge in [-0.05, 0) is 44.2 Å². The van der Waals surface area contributed by atoms with E-state index >= 15 is 0 Å². The Labute approximate surface area is 195 Å². The standard InChI is InChI=1S/C22H23ClN4O4S/c1-4-27-20(14(2)31-16-8-6-5-7-9-16)25-26-22(27)32-13-19(28)24-18-12-15(21(29)30-3)10-11-17(18)23/h5-12,14H,4,13H2,1-3H3,(H,24,28). The topological polar surface area (TPSA) is 95.3 Å². The Balaban J connectivity index is 1.64. The number of ether oxygens (including phenoxy) is 2. The van der Waals surface area contributed by atoms with Crippen LogP contribution < -0.4 is 10.1 Å². The molecular weight excluding hydrogens is 452 g/mol. The highest BCUT2D eigenvalue weighted by Gasteiger charge is 2.20. The van der Waals surface area contributed by atoms with Gasteiger partial charge in [-0.15, -0.1) is 10.2 Å². The monoisotopic (exact) mass is 474 g/mol. The number of amides is 1. The van der Waals surface area contributed by atoms with Crippen LogP contribution >= 0.6 is 23.4 Å². The summed E-state index contributed by atoms with van der Waals surface area (Å²) >= 11 is 7.40. The van der Waals surface area contributed by atoms with Gasteiger partial charge in [-0.1, -0.05) is 41.6 Å².